The van der Waals surface area contributed by atoms with Gasteiger partial charge in [0.25, 0.3) is 0 Å². The number of anilines is 2. The number of amides is 1. The highest BCUT2D eigenvalue weighted by Crippen LogP contribution is 2.17. The van der Waals surface area contributed by atoms with Crippen LogP contribution in [0.1, 0.15) is 21.5 Å². The van der Waals surface area contributed by atoms with Crippen LogP contribution in [0, 0.1) is 6.92 Å². The first-order chi connectivity index (χ1) is 9.08. The summed E-state index contributed by atoms with van der Waals surface area (Å²) in [7, 11) is 0. The zero-order valence-electron chi connectivity index (χ0n) is 10.7. The number of hydrogen-bond donors (Lipinski definition) is 3. The van der Waals surface area contributed by atoms with Gasteiger partial charge in [0, 0.05) is 24.0 Å². The maximum atomic E-state index is 11.1. The first kappa shape index (κ1) is 12.9. The van der Waals surface area contributed by atoms with Gasteiger partial charge in [-0.1, -0.05) is 12.1 Å². The molecule has 0 aliphatic carbocycles. The predicted molar refractivity (Wildman–Crippen MR) is 75.7 cm³/mol. The Bertz CT molecular complexity index is 610. The third kappa shape index (κ3) is 3.01. The Labute approximate surface area is 111 Å². The van der Waals surface area contributed by atoms with E-state index in [1.807, 2.05) is 25.1 Å². The van der Waals surface area contributed by atoms with Gasteiger partial charge in [0.15, 0.2) is 0 Å². The molecular weight excluding hydrogens is 240 g/mol. The molecule has 5 heteroatoms. The number of aromatic nitrogens is 1. The molecule has 2 aromatic rings. The molecule has 0 atom stereocenters. The molecule has 0 saturated heterocycles. The van der Waals surface area contributed by atoms with Crippen molar-refractivity contribution in [3.05, 3.63) is 53.2 Å². The second kappa shape index (κ2) is 5.39. The van der Waals surface area contributed by atoms with Crippen LogP contribution in [-0.2, 0) is 6.54 Å². The van der Waals surface area contributed by atoms with Crippen molar-refractivity contribution in [1.82, 2.24) is 4.98 Å². The van der Waals surface area contributed by atoms with Crippen LogP contribution < -0.4 is 16.8 Å². The lowest BCUT2D eigenvalue weighted by molar-refractivity contribution is 0.1000. The van der Waals surface area contributed by atoms with Gasteiger partial charge in [0.2, 0.25) is 5.91 Å². The Morgan fingerprint density at radius 3 is 2.89 bits per heavy atom. The van der Waals surface area contributed by atoms with E-state index in [0.717, 1.165) is 16.8 Å². The van der Waals surface area contributed by atoms with E-state index < -0.39 is 5.91 Å². The summed E-state index contributed by atoms with van der Waals surface area (Å²) in [6.45, 7) is 2.56. The molecule has 0 bridgehead atoms. The average molecular weight is 256 g/mol. The minimum absolute atomic E-state index is 0.432. The number of pyridine rings is 1. The minimum Gasteiger partial charge on any atom is -0.399 e. The maximum absolute atomic E-state index is 11.1. The first-order valence-electron chi connectivity index (χ1n) is 5.91. The second-order valence-corrected chi connectivity index (χ2v) is 4.28. The van der Waals surface area contributed by atoms with Crippen LogP contribution in [0.4, 0.5) is 11.5 Å². The predicted octanol–water partition coefficient (Wildman–Crippen LogP) is 1.68. The molecule has 2 rings (SSSR count). The molecule has 0 unspecified atom stereocenters. The topological polar surface area (TPSA) is 94.0 Å². The van der Waals surface area contributed by atoms with Crippen molar-refractivity contribution in [3.8, 4) is 0 Å². The van der Waals surface area contributed by atoms with Crippen molar-refractivity contribution < 1.29 is 4.79 Å². The quantitative estimate of drug-likeness (QED) is 0.725. The number of benzene rings is 1. The lowest BCUT2D eigenvalue weighted by atomic mass is 10.1. The van der Waals surface area contributed by atoms with E-state index in [1.165, 1.54) is 0 Å². The third-order valence-electron chi connectivity index (χ3n) is 2.99. The first-order valence-corrected chi connectivity index (χ1v) is 5.91. The van der Waals surface area contributed by atoms with Crippen LogP contribution in [0.15, 0.2) is 36.5 Å². The van der Waals surface area contributed by atoms with Gasteiger partial charge in [-0.15, -0.1) is 0 Å². The standard InChI is InChI=1S/C14H16N4O/c1-9-11(3-2-4-12(9)15)8-18-13-7-10(14(16)19)5-6-17-13/h2-7H,8,15H2,1H3,(H2,16,19)(H,17,18). The number of primary amides is 1. The molecule has 19 heavy (non-hydrogen) atoms. The van der Waals surface area contributed by atoms with Crippen LogP contribution in [0.5, 0.6) is 0 Å². The lowest BCUT2D eigenvalue weighted by Gasteiger charge is -2.10. The van der Waals surface area contributed by atoms with Gasteiger partial charge in [-0.25, -0.2) is 4.98 Å². The normalized spacial score (nSPS) is 10.2. The molecule has 1 amide bonds. The Morgan fingerprint density at radius 1 is 1.37 bits per heavy atom. The smallest absolute Gasteiger partial charge is 0.248 e. The van der Waals surface area contributed by atoms with Crippen molar-refractivity contribution in [1.29, 1.82) is 0 Å². The molecular formula is C14H16N4O. The number of nitrogens with zero attached hydrogens (tertiary/aromatic N) is 1. The summed E-state index contributed by atoms with van der Waals surface area (Å²) >= 11 is 0. The Morgan fingerprint density at radius 2 is 2.16 bits per heavy atom. The van der Waals surface area contributed by atoms with Gasteiger partial charge >= 0.3 is 0 Å². The van der Waals surface area contributed by atoms with Gasteiger partial charge in [-0.2, -0.15) is 0 Å². The number of nitrogens with one attached hydrogen (secondary N) is 1. The molecule has 0 radical (unpaired) electrons. The van der Waals surface area contributed by atoms with Gasteiger partial charge < -0.3 is 16.8 Å². The van der Waals surface area contributed by atoms with E-state index in [4.69, 9.17) is 11.5 Å². The van der Waals surface area contributed by atoms with Gasteiger partial charge in [-0.05, 0) is 36.2 Å². The fraction of sp³-hybridized carbons (Fsp3) is 0.143. The molecule has 1 heterocycles. The molecule has 1 aromatic heterocycles. The summed E-state index contributed by atoms with van der Waals surface area (Å²) in [6, 6.07) is 8.98. The zero-order valence-corrected chi connectivity index (χ0v) is 10.7. The average Bonchev–Trinajstić information content (AvgIpc) is 2.41. The lowest BCUT2D eigenvalue weighted by Crippen LogP contribution is -2.12. The third-order valence-corrected chi connectivity index (χ3v) is 2.99. The van der Waals surface area contributed by atoms with Crippen LogP contribution in [0.25, 0.3) is 0 Å². The van der Waals surface area contributed by atoms with Crippen LogP contribution >= 0.6 is 0 Å². The monoisotopic (exact) mass is 256 g/mol. The van der Waals surface area contributed by atoms with E-state index in [-0.39, 0.29) is 0 Å². The fourth-order valence-corrected chi connectivity index (χ4v) is 1.76. The molecule has 0 aliphatic rings. The molecule has 98 valence electrons. The van der Waals surface area contributed by atoms with Crippen LogP contribution in [0.2, 0.25) is 0 Å². The molecule has 0 saturated carbocycles. The highest BCUT2D eigenvalue weighted by molar-refractivity contribution is 5.93. The molecule has 1 aromatic carbocycles. The van der Waals surface area contributed by atoms with E-state index in [0.29, 0.717) is 17.9 Å². The molecule has 5 nitrogen and oxygen atoms in total. The van der Waals surface area contributed by atoms with Crippen molar-refractivity contribution in [2.24, 2.45) is 5.73 Å². The number of rotatable bonds is 4. The van der Waals surface area contributed by atoms with E-state index in [2.05, 4.69) is 10.3 Å². The van der Waals surface area contributed by atoms with Gasteiger partial charge in [0.1, 0.15) is 5.82 Å². The van der Waals surface area contributed by atoms with Crippen LogP contribution in [0.3, 0.4) is 0 Å². The fourth-order valence-electron chi connectivity index (χ4n) is 1.76. The summed E-state index contributed by atoms with van der Waals surface area (Å²) in [5.74, 6) is 0.142. The van der Waals surface area contributed by atoms with Crippen molar-refractivity contribution >= 4 is 17.4 Å². The summed E-state index contributed by atoms with van der Waals surface area (Å²) in [5.41, 5.74) is 14.4. The van der Waals surface area contributed by atoms with Gasteiger partial charge in [0.05, 0.1) is 0 Å². The number of nitrogens with two attached hydrogens (primary N) is 2. The molecule has 0 spiro atoms. The number of carbonyl (C=O) groups is 1. The Hall–Kier alpha value is -2.56. The maximum Gasteiger partial charge on any atom is 0.248 e. The summed E-state index contributed by atoms with van der Waals surface area (Å²) in [6.07, 6.45) is 1.55. The summed E-state index contributed by atoms with van der Waals surface area (Å²) in [4.78, 5) is 15.2. The highest BCUT2D eigenvalue weighted by atomic mass is 16.1. The SMILES string of the molecule is Cc1c(N)cccc1CNc1cc(C(N)=O)ccn1. The molecule has 0 aliphatic heterocycles. The second-order valence-electron chi connectivity index (χ2n) is 4.28. The summed E-state index contributed by atoms with van der Waals surface area (Å²) < 4.78 is 0. The minimum atomic E-state index is -0.467. The van der Waals surface area contributed by atoms with E-state index in [1.54, 1.807) is 18.3 Å². The van der Waals surface area contributed by atoms with E-state index in [9.17, 15) is 4.79 Å². The van der Waals surface area contributed by atoms with Crippen molar-refractivity contribution in [2.45, 2.75) is 13.5 Å². The molecule has 5 N–H and O–H groups in total. The van der Waals surface area contributed by atoms with Crippen LogP contribution in [-0.4, -0.2) is 10.9 Å². The number of nitrogen functional groups attached to an aromatic ring is 1. The van der Waals surface area contributed by atoms with Crippen molar-refractivity contribution in [3.63, 3.8) is 0 Å². The Balaban J connectivity index is 2.12. The molecule has 0 fully saturated rings. The van der Waals surface area contributed by atoms with Gasteiger partial charge in [-0.3, -0.25) is 4.79 Å². The Kier molecular flexibility index (Phi) is 3.66. The largest absolute Gasteiger partial charge is 0.399 e. The van der Waals surface area contributed by atoms with E-state index >= 15 is 0 Å². The number of hydrogen-bond acceptors (Lipinski definition) is 4. The van der Waals surface area contributed by atoms with Crippen molar-refractivity contribution in [2.75, 3.05) is 11.1 Å². The highest BCUT2D eigenvalue weighted by Gasteiger charge is 2.04. The zero-order chi connectivity index (χ0) is 13.8. The summed E-state index contributed by atoms with van der Waals surface area (Å²) in [5, 5.41) is 3.15. The number of carbonyl (C=O) groups excluding carboxylic acids is 1.